The first kappa shape index (κ1) is 16.8. The van der Waals surface area contributed by atoms with E-state index in [0.29, 0.717) is 44.2 Å². The molecule has 3 rings (SSSR count). The van der Waals surface area contributed by atoms with E-state index in [1.165, 1.54) is 16.4 Å². The highest BCUT2D eigenvalue weighted by Crippen LogP contribution is 2.39. The highest BCUT2D eigenvalue weighted by atomic mass is 35.5. The molecular formula is C15H21ClN2O4S. The molecule has 128 valence electrons. The molecule has 2 N–H and O–H groups in total. The number of piperidine rings is 1. The van der Waals surface area contributed by atoms with Crippen LogP contribution in [0.1, 0.15) is 20.3 Å². The molecule has 0 aliphatic carbocycles. The van der Waals surface area contributed by atoms with Crippen LogP contribution in [0.4, 0.5) is 0 Å². The van der Waals surface area contributed by atoms with Gasteiger partial charge in [0.25, 0.3) is 0 Å². The topological polar surface area (TPSA) is 81.9 Å². The van der Waals surface area contributed by atoms with Gasteiger partial charge in [-0.25, -0.2) is 8.42 Å². The number of sulfonamides is 1. The molecule has 0 amide bonds. The molecule has 1 unspecified atom stereocenters. The second kappa shape index (κ2) is 5.81. The maximum absolute atomic E-state index is 13.0. The van der Waals surface area contributed by atoms with Crippen LogP contribution in [0.5, 0.6) is 11.5 Å². The number of fused-ring (bicyclic) bond motifs is 1. The summed E-state index contributed by atoms with van der Waals surface area (Å²) in [6.45, 7) is 5.52. The molecule has 8 heteroatoms. The van der Waals surface area contributed by atoms with Crippen molar-refractivity contribution in [1.29, 1.82) is 0 Å². The average molecular weight is 361 g/mol. The monoisotopic (exact) mass is 360 g/mol. The van der Waals surface area contributed by atoms with Gasteiger partial charge in [-0.05, 0) is 11.8 Å². The lowest BCUT2D eigenvalue weighted by atomic mass is 9.81. The van der Waals surface area contributed by atoms with Crippen LogP contribution in [0.15, 0.2) is 17.0 Å². The van der Waals surface area contributed by atoms with Crippen molar-refractivity contribution in [3.05, 3.63) is 17.2 Å². The molecule has 1 fully saturated rings. The minimum atomic E-state index is -3.71. The van der Waals surface area contributed by atoms with E-state index in [1.807, 2.05) is 13.8 Å². The summed E-state index contributed by atoms with van der Waals surface area (Å²) < 4.78 is 38.3. The first-order valence-corrected chi connectivity index (χ1v) is 9.38. The SMILES string of the molecule is CC1(C)CN(S(=O)(=O)c2cc3c(cc2Cl)OCCO3)CCC1N. The molecule has 2 aliphatic rings. The van der Waals surface area contributed by atoms with E-state index < -0.39 is 10.0 Å². The van der Waals surface area contributed by atoms with Gasteiger partial charge in [0, 0.05) is 31.3 Å². The number of nitrogens with two attached hydrogens (primary N) is 1. The van der Waals surface area contributed by atoms with Crippen molar-refractivity contribution in [3.8, 4) is 11.5 Å². The van der Waals surface area contributed by atoms with Crippen molar-refractivity contribution in [2.75, 3.05) is 26.3 Å². The molecule has 1 aromatic carbocycles. The highest BCUT2D eigenvalue weighted by molar-refractivity contribution is 7.89. The van der Waals surface area contributed by atoms with Crippen LogP contribution in [0.2, 0.25) is 5.02 Å². The first-order valence-electron chi connectivity index (χ1n) is 7.57. The van der Waals surface area contributed by atoms with Crippen molar-refractivity contribution >= 4 is 21.6 Å². The van der Waals surface area contributed by atoms with Crippen molar-refractivity contribution in [2.24, 2.45) is 11.1 Å². The Morgan fingerprint density at radius 2 is 1.87 bits per heavy atom. The molecule has 0 aromatic heterocycles. The average Bonchev–Trinajstić information content (AvgIpc) is 2.49. The summed E-state index contributed by atoms with van der Waals surface area (Å²) in [5.74, 6) is 0.883. The Labute approximate surface area is 141 Å². The van der Waals surface area contributed by atoms with Crippen molar-refractivity contribution < 1.29 is 17.9 Å². The van der Waals surface area contributed by atoms with E-state index in [2.05, 4.69) is 0 Å². The molecule has 6 nitrogen and oxygen atoms in total. The van der Waals surface area contributed by atoms with Gasteiger partial charge in [0.2, 0.25) is 10.0 Å². The Bertz CT molecular complexity index is 720. The van der Waals surface area contributed by atoms with Crippen LogP contribution in [0.25, 0.3) is 0 Å². The number of benzene rings is 1. The number of hydrogen-bond acceptors (Lipinski definition) is 5. The molecule has 0 saturated carbocycles. The molecule has 0 radical (unpaired) electrons. The molecule has 2 aliphatic heterocycles. The largest absolute Gasteiger partial charge is 0.486 e. The van der Waals surface area contributed by atoms with Crippen LogP contribution < -0.4 is 15.2 Å². The summed E-state index contributed by atoms with van der Waals surface area (Å²) in [6.07, 6.45) is 0.619. The molecule has 2 heterocycles. The predicted molar refractivity (Wildman–Crippen MR) is 87.6 cm³/mol. The van der Waals surface area contributed by atoms with Crippen molar-refractivity contribution in [3.63, 3.8) is 0 Å². The summed E-state index contributed by atoms with van der Waals surface area (Å²) in [7, 11) is -3.71. The van der Waals surface area contributed by atoms with Gasteiger partial charge in [-0.15, -0.1) is 0 Å². The summed E-state index contributed by atoms with van der Waals surface area (Å²) >= 11 is 6.20. The van der Waals surface area contributed by atoms with E-state index in [4.69, 9.17) is 26.8 Å². The van der Waals surface area contributed by atoms with Gasteiger partial charge >= 0.3 is 0 Å². The molecule has 1 aromatic rings. The first-order chi connectivity index (χ1) is 10.7. The number of nitrogens with zero attached hydrogens (tertiary/aromatic N) is 1. The van der Waals surface area contributed by atoms with Gasteiger partial charge < -0.3 is 15.2 Å². The Kier molecular flexibility index (Phi) is 4.25. The normalized spacial score (nSPS) is 24.4. The van der Waals surface area contributed by atoms with Crippen LogP contribution in [-0.2, 0) is 10.0 Å². The van der Waals surface area contributed by atoms with E-state index in [9.17, 15) is 8.42 Å². The van der Waals surface area contributed by atoms with Gasteiger partial charge in [-0.2, -0.15) is 4.31 Å². The third-order valence-electron chi connectivity index (χ3n) is 4.49. The number of rotatable bonds is 2. The molecule has 1 saturated heterocycles. The zero-order chi connectivity index (χ0) is 16.8. The number of ether oxygens (including phenoxy) is 2. The molecule has 0 spiro atoms. The Balaban J connectivity index is 1.97. The highest BCUT2D eigenvalue weighted by Gasteiger charge is 2.39. The maximum Gasteiger partial charge on any atom is 0.244 e. The minimum absolute atomic E-state index is 0.0234. The van der Waals surface area contributed by atoms with Gasteiger partial charge in [0.15, 0.2) is 11.5 Å². The lowest BCUT2D eigenvalue weighted by Gasteiger charge is -2.41. The zero-order valence-electron chi connectivity index (χ0n) is 13.2. The fraction of sp³-hybridized carbons (Fsp3) is 0.600. The van der Waals surface area contributed by atoms with Gasteiger partial charge in [0.05, 0.1) is 5.02 Å². The van der Waals surface area contributed by atoms with E-state index in [-0.39, 0.29) is 21.4 Å². The lowest BCUT2D eigenvalue weighted by Crippen LogP contribution is -2.53. The lowest BCUT2D eigenvalue weighted by molar-refractivity contribution is 0.155. The fourth-order valence-corrected chi connectivity index (χ4v) is 5.05. The summed E-state index contributed by atoms with van der Waals surface area (Å²) in [6, 6.07) is 2.93. The van der Waals surface area contributed by atoms with Crippen LogP contribution in [0.3, 0.4) is 0 Å². The molecular weight excluding hydrogens is 340 g/mol. The second-order valence-electron chi connectivity index (χ2n) is 6.65. The molecule has 0 bridgehead atoms. The van der Waals surface area contributed by atoms with Crippen molar-refractivity contribution in [2.45, 2.75) is 31.2 Å². The smallest absolute Gasteiger partial charge is 0.244 e. The second-order valence-corrected chi connectivity index (χ2v) is 8.96. The Morgan fingerprint density at radius 1 is 1.26 bits per heavy atom. The van der Waals surface area contributed by atoms with Crippen LogP contribution >= 0.6 is 11.6 Å². The minimum Gasteiger partial charge on any atom is -0.486 e. The third kappa shape index (κ3) is 3.03. The van der Waals surface area contributed by atoms with Gasteiger partial charge in [-0.1, -0.05) is 25.4 Å². The Hall–Kier alpha value is -1.02. The molecule has 1 atom stereocenters. The third-order valence-corrected chi connectivity index (χ3v) is 6.80. The summed E-state index contributed by atoms with van der Waals surface area (Å²) in [4.78, 5) is 0.0506. The zero-order valence-corrected chi connectivity index (χ0v) is 14.8. The molecule has 23 heavy (non-hydrogen) atoms. The predicted octanol–water partition coefficient (Wildman–Crippen LogP) is 1.86. The van der Waals surface area contributed by atoms with Crippen LogP contribution in [0, 0.1) is 5.41 Å². The standard InChI is InChI=1S/C15H21ClN2O4S/c1-15(2)9-18(4-3-14(15)17)23(19,20)13-8-12-11(7-10(13)16)21-5-6-22-12/h7-8,14H,3-6,9,17H2,1-2H3. The maximum atomic E-state index is 13.0. The summed E-state index contributed by atoms with van der Waals surface area (Å²) in [5, 5.41) is 0.141. The van der Waals surface area contributed by atoms with Gasteiger partial charge in [-0.3, -0.25) is 0 Å². The summed E-state index contributed by atoms with van der Waals surface area (Å²) in [5.41, 5.74) is 5.81. The Morgan fingerprint density at radius 3 is 2.48 bits per heavy atom. The van der Waals surface area contributed by atoms with E-state index in [1.54, 1.807) is 0 Å². The van der Waals surface area contributed by atoms with Gasteiger partial charge in [0.1, 0.15) is 18.1 Å². The van der Waals surface area contributed by atoms with E-state index in [0.717, 1.165) is 0 Å². The number of hydrogen-bond donors (Lipinski definition) is 1. The fourth-order valence-electron chi connectivity index (χ4n) is 2.91. The van der Waals surface area contributed by atoms with E-state index >= 15 is 0 Å². The number of halogens is 1. The quantitative estimate of drug-likeness (QED) is 0.870. The van der Waals surface area contributed by atoms with Crippen molar-refractivity contribution in [1.82, 2.24) is 4.31 Å². The van der Waals surface area contributed by atoms with Crippen LogP contribution in [-0.4, -0.2) is 45.1 Å².